The van der Waals surface area contributed by atoms with Gasteiger partial charge in [0.05, 0.1) is 27.8 Å². The predicted octanol–water partition coefficient (Wildman–Crippen LogP) is 2.85. The Morgan fingerprint density at radius 3 is 2.30 bits per heavy atom. The molecular formula is C15H23NO3S. The van der Waals surface area contributed by atoms with Crippen molar-refractivity contribution < 1.29 is 13.2 Å². The van der Waals surface area contributed by atoms with E-state index in [4.69, 9.17) is 4.74 Å². The van der Waals surface area contributed by atoms with E-state index in [-0.39, 0.29) is 17.2 Å². The van der Waals surface area contributed by atoms with Gasteiger partial charge >= 0.3 is 0 Å². The summed E-state index contributed by atoms with van der Waals surface area (Å²) >= 11 is 0. The molecule has 0 saturated carbocycles. The van der Waals surface area contributed by atoms with Gasteiger partial charge in [0.1, 0.15) is 0 Å². The second-order valence-electron chi connectivity index (χ2n) is 6.63. The highest BCUT2D eigenvalue weighted by atomic mass is 32.2. The average molecular weight is 297 g/mol. The van der Waals surface area contributed by atoms with Crippen molar-refractivity contribution in [3.63, 3.8) is 0 Å². The van der Waals surface area contributed by atoms with Gasteiger partial charge in [-0.1, -0.05) is 12.1 Å². The number of sulfone groups is 1. The summed E-state index contributed by atoms with van der Waals surface area (Å²) in [5.74, 6) is 0. The van der Waals surface area contributed by atoms with Gasteiger partial charge < -0.3 is 10.1 Å². The maximum Gasteiger partial charge on any atom is 0.177 e. The van der Waals surface area contributed by atoms with Crippen LogP contribution in [0.15, 0.2) is 29.2 Å². The van der Waals surface area contributed by atoms with Gasteiger partial charge in [0.15, 0.2) is 9.84 Å². The molecule has 1 fully saturated rings. The first kappa shape index (κ1) is 15.3. The van der Waals surface area contributed by atoms with Crippen LogP contribution in [0.3, 0.4) is 0 Å². The average Bonchev–Trinajstić information content (AvgIpc) is 2.45. The fourth-order valence-electron chi connectivity index (χ4n) is 2.88. The van der Waals surface area contributed by atoms with Crippen LogP contribution in [0.2, 0.25) is 0 Å². The van der Waals surface area contributed by atoms with E-state index in [2.05, 4.69) is 19.2 Å². The van der Waals surface area contributed by atoms with E-state index in [1.165, 1.54) is 6.26 Å². The first-order valence-corrected chi connectivity index (χ1v) is 8.66. The lowest BCUT2D eigenvalue weighted by atomic mass is 9.94. The number of anilines is 1. The summed E-state index contributed by atoms with van der Waals surface area (Å²) in [7, 11) is -3.24. The first-order valence-electron chi connectivity index (χ1n) is 6.77. The normalized spacial score (nSPS) is 24.6. The molecule has 0 radical (unpaired) electrons. The summed E-state index contributed by atoms with van der Waals surface area (Å²) in [5.41, 5.74) is 0.101. The van der Waals surface area contributed by atoms with E-state index in [9.17, 15) is 8.42 Å². The molecule has 1 aromatic rings. The minimum atomic E-state index is -3.24. The Hall–Kier alpha value is -1.07. The summed E-state index contributed by atoms with van der Waals surface area (Å²) in [6.07, 6.45) is 2.06. The molecule has 4 nitrogen and oxygen atoms in total. The topological polar surface area (TPSA) is 55.4 Å². The Morgan fingerprint density at radius 2 is 1.80 bits per heavy atom. The molecule has 0 aromatic heterocycles. The van der Waals surface area contributed by atoms with E-state index < -0.39 is 9.84 Å². The molecule has 1 unspecified atom stereocenters. The van der Waals surface area contributed by atoms with Gasteiger partial charge in [-0.3, -0.25) is 0 Å². The fraction of sp³-hybridized carbons (Fsp3) is 0.600. The van der Waals surface area contributed by atoms with E-state index in [0.29, 0.717) is 10.6 Å². The van der Waals surface area contributed by atoms with Gasteiger partial charge in [0.2, 0.25) is 0 Å². The molecule has 112 valence electrons. The van der Waals surface area contributed by atoms with Crippen molar-refractivity contribution >= 4 is 15.5 Å². The minimum Gasteiger partial charge on any atom is -0.378 e. The second-order valence-corrected chi connectivity index (χ2v) is 8.62. The molecule has 0 amide bonds. The van der Waals surface area contributed by atoms with Gasteiger partial charge in [0, 0.05) is 6.26 Å². The van der Waals surface area contributed by atoms with Crippen molar-refractivity contribution in [3.8, 4) is 0 Å². The van der Waals surface area contributed by atoms with Crippen LogP contribution in [-0.4, -0.2) is 31.9 Å². The Bertz CT molecular complexity index is 605. The van der Waals surface area contributed by atoms with E-state index in [0.717, 1.165) is 6.42 Å². The highest BCUT2D eigenvalue weighted by Gasteiger charge is 2.46. The van der Waals surface area contributed by atoms with Crippen molar-refractivity contribution in [1.29, 1.82) is 0 Å². The molecule has 1 N–H and O–H groups in total. The number of ether oxygens (including phenoxy) is 1. The zero-order valence-corrected chi connectivity index (χ0v) is 13.5. The lowest BCUT2D eigenvalue weighted by Crippen LogP contribution is -2.38. The molecular weight excluding hydrogens is 274 g/mol. The van der Waals surface area contributed by atoms with Crippen molar-refractivity contribution in [3.05, 3.63) is 24.3 Å². The third kappa shape index (κ3) is 3.15. The van der Waals surface area contributed by atoms with Crippen molar-refractivity contribution in [1.82, 2.24) is 0 Å². The molecule has 1 heterocycles. The van der Waals surface area contributed by atoms with Crippen LogP contribution in [0.4, 0.5) is 5.69 Å². The van der Waals surface area contributed by atoms with Crippen molar-refractivity contribution in [2.45, 2.75) is 56.3 Å². The van der Waals surface area contributed by atoms with Gasteiger partial charge in [-0.2, -0.15) is 0 Å². The van der Waals surface area contributed by atoms with Gasteiger partial charge in [0.25, 0.3) is 0 Å². The molecule has 0 spiro atoms. The van der Waals surface area contributed by atoms with Crippen LogP contribution in [0.25, 0.3) is 0 Å². The summed E-state index contributed by atoms with van der Waals surface area (Å²) in [5, 5.41) is 3.36. The summed E-state index contributed by atoms with van der Waals surface area (Å²) in [4.78, 5) is 0.334. The van der Waals surface area contributed by atoms with Gasteiger partial charge in [-0.25, -0.2) is 8.42 Å². The van der Waals surface area contributed by atoms with Crippen LogP contribution in [-0.2, 0) is 14.6 Å². The highest BCUT2D eigenvalue weighted by molar-refractivity contribution is 7.90. The molecule has 0 aliphatic carbocycles. The summed E-state index contributed by atoms with van der Waals surface area (Å²) in [6, 6.07) is 7.08. The summed E-state index contributed by atoms with van der Waals surface area (Å²) < 4.78 is 29.7. The lowest BCUT2D eigenvalue weighted by Gasteiger charge is -2.28. The van der Waals surface area contributed by atoms with Crippen LogP contribution in [0.1, 0.15) is 34.1 Å². The number of hydrogen-bond acceptors (Lipinski definition) is 4. The van der Waals surface area contributed by atoms with Crippen LogP contribution in [0, 0.1) is 0 Å². The zero-order chi connectivity index (χ0) is 15.2. The Labute approximate surface area is 121 Å². The number of benzene rings is 1. The standard InChI is InChI=1S/C15H23NO3S/c1-14(2)10-13(15(3,4)19-14)16-11-8-6-7-9-12(11)20(5,17)18/h6-9,13,16H,10H2,1-5H3. The largest absolute Gasteiger partial charge is 0.378 e. The smallest absolute Gasteiger partial charge is 0.177 e. The Balaban J connectivity index is 2.32. The van der Waals surface area contributed by atoms with Crippen molar-refractivity contribution in [2.75, 3.05) is 11.6 Å². The Morgan fingerprint density at radius 1 is 1.20 bits per heavy atom. The monoisotopic (exact) mass is 297 g/mol. The molecule has 1 aliphatic rings. The number of para-hydroxylation sites is 1. The Kier molecular flexibility index (Phi) is 3.63. The maximum atomic E-state index is 11.8. The molecule has 1 atom stereocenters. The van der Waals surface area contributed by atoms with Gasteiger partial charge in [-0.05, 0) is 46.2 Å². The lowest BCUT2D eigenvalue weighted by molar-refractivity contribution is -0.0662. The first-order chi connectivity index (χ1) is 9.01. The maximum absolute atomic E-state index is 11.8. The van der Waals surface area contributed by atoms with E-state index in [1.807, 2.05) is 19.9 Å². The molecule has 1 aliphatic heterocycles. The molecule has 1 aromatic carbocycles. The quantitative estimate of drug-likeness (QED) is 0.932. The van der Waals surface area contributed by atoms with Gasteiger partial charge in [-0.15, -0.1) is 0 Å². The number of rotatable bonds is 3. The van der Waals surface area contributed by atoms with E-state index >= 15 is 0 Å². The van der Waals surface area contributed by atoms with E-state index in [1.54, 1.807) is 18.2 Å². The molecule has 1 saturated heterocycles. The number of hydrogen-bond donors (Lipinski definition) is 1. The molecule has 5 heteroatoms. The van der Waals surface area contributed by atoms with Crippen LogP contribution < -0.4 is 5.32 Å². The third-order valence-corrected chi connectivity index (χ3v) is 4.85. The second kappa shape index (κ2) is 4.74. The molecule has 0 bridgehead atoms. The third-order valence-electron chi connectivity index (χ3n) is 3.69. The van der Waals surface area contributed by atoms with Crippen molar-refractivity contribution in [2.24, 2.45) is 0 Å². The predicted molar refractivity (Wildman–Crippen MR) is 80.8 cm³/mol. The molecule has 2 rings (SSSR count). The summed E-state index contributed by atoms with van der Waals surface area (Å²) in [6.45, 7) is 8.17. The zero-order valence-electron chi connectivity index (χ0n) is 12.7. The highest BCUT2D eigenvalue weighted by Crippen LogP contribution is 2.39. The molecule has 20 heavy (non-hydrogen) atoms. The minimum absolute atomic E-state index is 0.0698. The van der Waals surface area contributed by atoms with Crippen LogP contribution >= 0.6 is 0 Å². The number of nitrogens with one attached hydrogen (secondary N) is 1. The van der Waals surface area contributed by atoms with Crippen LogP contribution in [0.5, 0.6) is 0 Å². The fourth-order valence-corrected chi connectivity index (χ4v) is 3.74. The SMILES string of the molecule is CC1(C)CC(Nc2ccccc2S(C)(=O)=O)C(C)(C)O1.